The van der Waals surface area contributed by atoms with Crippen molar-refractivity contribution in [1.29, 1.82) is 0 Å². The average molecular weight is 235 g/mol. The highest BCUT2D eigenvalue weighted by Gasteiger charge is 2.07. The second-order valence-electron chi connectivity index (χ2n) is 3.92. The lowest BCUT2D eigenvalue weighted by molar-refractivity contribution is 0.518. The molecule has 0 saturated carbocycles. The van der Waals surface area contributed by atoms with Crippen LogP contribution in [-0.2, 0) is 0 Å². The van der Waals surface area contributed by atoms with Crippen molar-refractivity contribution in [3.63, 3.8) is 0 Å². The number of thiophene rings is 1. The minimum Gasteiger partial charge on any atom is -0.369 e. The molecule has 3 nitrogen and oxygen atoms in total. The van der Waals surface area contributed by atoms with Crippen LogP contribution in [-0.4, -0.2) is 16.5 Å². The van der Waals surface area contributed by atoms with Crippen molar-refractivity contribution >= 4 is 27.4 Å². The summed E-state index contributed by atoms with van der Waals surface area (Å²) in [5.41, 5.74) is 1.03. The molecule has 0 amide bonds. The molecule has 0 unspecified atom stereocenters. The Morgan fingerprint density at radius 2 is 2.12 bits per heavy atom. The van der Waals surface area contributed by atoms with Gasteiger partial charge < -0.3 is 5.32 Å². The number of nitrogens with one attached hydrogen (secondary N) is 1. The second kappa shape index (κ2) is 5.25. The molecule has 0 fully saturated rings. The predicted octanol–water partition coefficient (Wildman–Crippen LogP) is 3.54. The first kappa shape index (κ1) is 11.3. The molecule has 1 N–H and O–H groups in total. The summed E-state index contributed by atoms with van der Waals surface area (Å²) in [5, 5.41) is 5.49. The highest BCUT2D eigenvalue weighted by atomic mass is 32.1. The smallest absolute Gasteiger partial charge is 0.147 e. The fourth-order valence-corrected chi connectivity index (χ4v) is 2.54. The molecular formula is C12H17N3S. The summed E-state index contributed by atoms with van der Waals surface area (Å²) in [5.74, 6) is 1.71. The largest absolute Gasteiger partial charge is 0.369 e. The molecule has 0 aromatic carbocycles. The summed E-state index contributed by atoms with van der Waals surface area (Å²) < 4.78 is 1.16. The monoisotopic (exact) mass is 235 g/mol. The normalized spacial score (nSPS) is 11.2. The van der Waals surface area contributed by atoms with Crippen molar-refractivity contribution < 1.29 is 0 Å². The molecule has 0 aliphatic rings. The summed E-state index contributed by atoms with van der Waals surface area (Å²) in [6.07, 6.45) is 4.05. The highest BCUT2D eigenvalue weighted by Crippen LogP contribution is 2.25. The lowest BCUT2D eigenvalue weighted by atomic mass is 10.0. The zero-order valence-electron chi connectivity index (χ0n) is 9.73. The molecule has 4 heteroatoms. The summed E-state index contributed by atoms with van der Waals surface area (Å²) in [6, 6.07) is 2.03. The number of nitrogens with zero attached hydrogens (tertiary/aromatic N) is 2. The molecular weight excluding hydrogens is 218 g/mol. The Morgan fingerprint density at radius 1 is 1.31 bits per heavy atom. The Kier molecular flexibility index (Phi) is 3.72. The van der Waals surface area contributed by atoms with Gasteiger partial charge in [-0.05, 0) is 17.4 Å². The predicted molar refractivity (Wildman–Crippen MR) is 70.0 cm³/mol. The van der Waals surface area contributed by atoms with E-state index in [9.17, 15) is 0 Å². The standard InChI is InChI=1S/C12H17N3S/c1-3-9(4-2)7-13-12-11-10(5-6-16-11)14-8-15-12/h5-6,8-9H,3-4,7H2,1-2H3,(H,13,14,15). The molecule has 16 heavy (non-hydrogen) atoms. The molecule has 2 aromatic heterocycles. The maximum Gasteiger partial charge on any atom is 0.147 e. The molecule has 86 valence electrons. The fourth-order valence-electron chi connectivity index (χ4n) is 1.73. The molecule has 0 atom stereocenters. The Morgan fingerprint density at radius 3 is 2.88 bits per heavy atom. The first-order chi connectivity index (χ1) is 7.85. The van der Waals surface area contributed by atoms with Crippen molar-refractivity contribution in [3.8, 4) is 0 Å². The van der Waals surface area contributed by atoms with Crippen molar-refractivity contribution in [3.05, 3.63) is 17.8 Å². The van der Waals surface area contributed by atoms with E-state index in [0.717, 1.165) is 28.5 Å². The molecule has 0 radical (unpaired) electrons. The van der Waals surface area contributed by atoms with Crippen LogP contribution in [0.25, 0.3) is 10.2 Å². The van der Waals surface area contributed by atoms with Gasteiger partial charge in [0.25, 0.3) is 0 Å². The molecule has 0 spiro atoms. The number of fused-ring (bicyclic) bond motifs is 1. The highest BCUT2D eigenvalue weighted by molar-refractivity contribution is 7.17. The van der Waals surface area contributed by atoms with E-state index >= 15 is 0 Å². The van der Waals surface area contributed by atoms with Crippen LogP contribution < -0.4 is 5.32 Å². The van der Waals surface area contributed by atoms with E-state index < -0.39 is 0 Å². The van der Waals surface area contributed by atoms with Gasteiger partial charge in [-0.15, -0.1) is 11.3 Å². The Labute approximate surface area is 99.9 Å². The fraction of sp³-hybridized carbons (Fsp3) is 0.500. The number of hydrogen-bond acceptors (Lipinski definition) is 4. The molecule has 2 rings (SSSR count). The van der Waals surface area contributed by atoms with E-state index in [0.29, 0.717) is 0 Å². The molecule has 2 aromatic rings. The summed E-state index contributed by atoms with van der Waals surface area (Å²) >= 11 is 1.69. The zero-order valence-corrected chi connectivity index (χ0v) is 10.5. The summed E-state index contributed by atoms with van der Waals surface area (Å²) in [6.45, 7) is 5.46. The van der Waals surface area contributed by atoms with Gasteiger partial charge in [-0.1, -0.05) is 26.7 Å². The van der Waals surface area contributed by atoms with E-state index in [1.807, 2.05) is 6.07 Å². The Hall–Kier alpha value is -1.16. The second-order valence-corrected chi connectivity index (χ2v) is 4.84. The number of rotatable bonds is 5. The minimum atomic E-state index is 0.727. The van der Waals surface area contributed by atoms with Crippen LogP contribution in [0.2, 0.25) is 0 Å². The van der Waals surface area contributed by atoms with Gasteiger partial charge in [0.05, 0.1) is 10.2 Å². The summed E-state index contributed by atoms with van der Waals surface area (Å²) in [7, 11) is 0. The molecule has 0 bridgehead atoms. The third-order valence-corrected chi connectivity index (χ3v) is 3.87. The van der Waals surface area contributed by atoms with Crippen LogP contribution in [0.4, 0.5) is 5.82 Å². The van der Waals surface area contributed by atoms with Gasteiger partial charge in [0, 0.05) is 6.54 Å². The number of aromatic nitrogens is 2. The molecule has 0 saturated heterocycles. The number of hydrogen-bond donors (Lipinski definition) is 1. The van der Waals surface area contributed by atoms with Crippen LogP contribution in [0, 0.1) is 5.92 Å². The lowest BCUT2D eigenvalue weighted by Gasteiger charge is -2.13. The van der Waals surface area contributed by atoms with Crippen molar-refractivity contribution in [2.75, 3.05) is 11.9 Å². The third kappa shape index (κ3) is 2.32. The van der Waals surface area contributed by atoms with E-state index in [-0.39, 0.29) is 0 Å². The van der Waals surface area contributed by atoms with Crippen molar-refractivity contribution in [2.45, 2.75) is 26.7 Å². The van der Waals surface area contributed by atoms with E-state index in [2.05, 4.69) is 34.5 Å². The van der Waals surface area contributed by atoms with Gasteiger partial charge in [0.15, 0.2) is 0 Å². The third-order valence-electron chi connectivity index (χ3n) is 2.96. The first-order valence-electron chi connectivity index (χ1n) is 5.77. The van der Waals surface area contributed by atoms with E-state index in [1.54, 1.807) is 17.7 Å². The SMILES string of the molecule is CCC(CC)CNc1ncnc2ccsc12. The van der Waals surface area contributed by atoms with Crippen LogP contribution in [0.5, 0.6) is 0 Å². The summed E-state index contributed by atoms with van der Waals surface area (Å²) in [4.78, 5) is 8.54. The minimum absolute atomic E-state index is 0.727. The first-order valence-corrected chi connectivity index (χ1v) is 6.65. The van der Waals surface area contributed by atoms with E-state index in [1.165, 1.54) is 12.8 Å². The van der Waals surface area contributed by atoms with E-state index in [4.69, 9.17) is 0 Å². The quantitative estimate of drug-likeness (QED) is 0.861. The van der Waals surface area contributed by atoms with Gasteiger partial charge in [-0.2, -0.15) is 0 Å². The zero-order chi connectivity index (χ0) is 11.4. The van der Waals surface area contributed by atoms with Crippen LogP contribution >= 0.6 is 11.3 Å². The Bertz CT molecular complexity index is 448. The van der Waals surface area contributed by atoms with Crippen molar-refractivity contribution in [2.24, 2.45) is 5.92 Å². The van der Waals surface area contributed by atoms with Gasteiger partial charge in [-0.3, -0.25) is 0 Å². The maximum absolute atomic E-state index is 4.31. The van der Waals surface area contributed by atoms with Crippen LogP contribution in [0.15, 0.2) is 17.8 Å². The van der Waals surface area contributed by atoms with Gasteiger partial charge in [0.1, 0.15) is 12.1 Å². The van der Waals surface area contributed by atoms with Gasteiger partial charge >= 0.3 is 0 Å². The van der Waals surface area contributed by atoms with Crippen LogP contribution in [0.1, 0.15) is 26.7 Å². The maximum atomic E-state index is 4.31. The lowest BCUT2D eigenvalue weighted by Crippen LogP contribution is -2.13. The average Bonchev–Trinajstić information content (AvgIpc) is 2.79. The molecule has 0 aliphatic heterocycles. The van der Waals surface area contributed by atoms with Crippen LogP contribution in [0.3, 0.4) is 0 Å². The molecule has 0 aliphatic carbocycles. The van der Waals surface area contributed by atoms with Gasteiger partial charge in [0.2, 0.25) is 0 Å². The van der Waals surface area contributed by atoms with Crippen molar-refractivity contribution in [1.82, 2.24) is 9.97 Å². The van der Waals surface area contributed by atoms with Gasteiger partial charge in [-0.25, -0.2) is 9.97 Å². The number of anilines is 1. The Balaban J connectivity index is 2.11. The molecule has 2 heterocycles. The topological polar surface area (TPSA) is 37.8 Å².